The van der Waals surface area contributed by atoms with Crippen molar-refractivity contribution in [3.8, 4) is 0 Å². The van der Waals surface area contributed by atoms with E-state index in [9.17, 15) is 43.2 Å². The molecule has 6 aliphatic rings. The molecule has 0 spiro atoms. The van der Waals surface area contributed by atoms with Gasteiger partial charge in [-0.15, -0.1) is 12.4 Å². The molecule has 2 aliphatic heterocycles. The molecule has 0 radical (unpaired) electrons. The first-order valence-electron chi connectivity index (χ1n) is 23.3. The van der Waals surface area contributed by atoms with E-state index in [4.69, 9.17) is 17.2 Å². The smallest absolute Gasteiger partial charge is 0.315 e. The Morgan fingerprint density at radius 2 is 0.955 bits per heavy atom. The van der Waals surface area contributed by atoms with Gasteiger partial charge >= 0.3 is 6.03 Å². The Hall–Kier alpha value is -4.32. The third-order valence-corrected chi connectivity index (χ3v) is 14.9. The number of halogens is 1. The number of piperidine rings is 2. The van der Waals surface area contributed by atoms with Crippen LogP contribution in [0.2, 0.25) is 0 Å². The quantitative estimate of drug-likeness (QED) is 0.117. The number of fused-ring (bicyclic) bond motifs is 2. The van der Waals surface area contributed by atoms with E-state index in [1.807, 2.05) is 62.3 Å². The zero-order chi connectivity index (χ0) is 49.3. The van der Waals surface area contributed by atoms with E-state index in [1.54, 1.807) is 9.80 Å². The number of amides is 8. The van der Waals surface area contributed by atoms with Crippen molar-refractivity contribution in [3.05, 3.63) is 0 Å². The van der Waals surface area contributed by atoms with Crippen LogP contribution in [-0.4, -0.2) is 118 Å². The van der Waals surface area contributed by atoms with Crippen molar-refractivity contribution in [2.75, 3.05) is 13.1 Å². The predicted molar refractivity (Wildman–Crippen MR) is 249 cm³/mol. The molecule has 4 aliphatic carbocycles. The summed E-state index contributed by atoms with van der Waals surface area (Å²) in [6.07, 6.45) is 4.62. The molecule has 4 saturated carbocycles. The van der Waals surface area contributed by atoms with Gasteiger partial charge in [0.05, 0.1) is 18.1 Å². The normalized spacial score (nSPS) is 27.4. The highest BCUT2D eigenvalue weighted by atomic mass is 35.5. The molecule has 6 fully saturated rings. The van der Waals surface area contributed by atoms with E-state index >= 15 is 0 Å². The number of ketones is 2. The number of hydrogen-bond donors (Lipinski definition) is 7. The second-order valence-electron chi connectivity index (χ2n) is 24.2. The highest BCUT2D eigenvalue weighted by Gasteiger charge is 2.71. The molecule has 2 heterocycles. The van der Waals surface area contributed by atoms with Crippen LogP contribution in [0.3, 0.4) is 0 Å². The number of primary amides is 2. The Labute approximate surface area is 396 Å². The van der Waals surface area contributed by atoms with E-state index in [-0.39, 0.29) is 64.6 Å². The molecule has 6 rings (SSSR count). The molecular weight excluding hydrogens is 870 g/mol. The number of carbonyl (C=O) groups is 9. The number of nitrogens with two attached hydrogens (primary N) is 3. The average molecular weight is 949 g/mol. The van der Waals surface area contributed by atoms with Crippen molar-refractivity contribution < 1.29 is 43.2 Å². The molecule has 19 heteroatoms. The van der Waals surface area contributed by atoms with Crippen molar-refractivity contribution in [2.24, 2.45) is 74.4 Å². The van der Waals surface area contributed by atoms with Crippen LogP contribution in [0.1, 0.15) is 129 Å². The Morgan fingerprint density at radius 1 is 0.591 bits per heavy atom. The highest BCUT2D eigenvalue weighted by molar-refractivity contribution is 6.38. The fourth-order valence-corrected chi connectivity index (χ4v) is 10.2. The summed E-state index contributed by atoms with van der Waals surface area (Å²) >= 11 is 0. The Morgan fingerprint density at radius 3 is 1.26 bits per heavy atom. The van der Waals surface area contributed by atoms with Crippen LogP contribution < -0.4 is 38.5 Å². The van der Waals surface area contributed by atoms with Crippen molar-refractivity contribution in [1.29, 1.82) is 0 Å². The monoisotopic (exact) mass is 948 g/mol. The Kier molecular flexibility index (Phi) is 15.6. The minimum atomic E-state index is -1.08. The van der Waals surface area contributed by atoms with Crippen LogP contribution >= 0.6 is 12.4 Å². The summed E-state index contributed by atoms with van der Waals surface area (Å²) in [5, 5.41) is 11.1. The predicted octanol–water partition coefficient (Wildman–Crippen LogP) is 1.93. The average Bonchev–Trinajstić information content (AvgIpc) is 4.14. The van der Waals surface area contributed by atoms with Crippen LogP contribution in [0.25, 0.3) is 0 Å². The van der Waals surface area contributed by atoms with Crippen LogP contribution in [0.5, 0.6) is 0 Å². The number of nitrogens with one attached hydrogen (secondary N) is 4. The van der Waals surface area contributed by atoms with Gasteiger partial charge in [0.15, 0.2) is 0 Å². The lowest BCUT2D eigenvalue weighted by Gasteiger charge is -2.38. The van der Waals surface area contributed by atoms with Gasteiger partial charge in [-0.05, 0) is 90.8 Å². The number of Topliss-reactive ketones (excluding diaryl/α,β-unsaturated/α-hetero) is 2. The first-order valence-corrected chi connectivity index (χ1v) is 23.3. The van der Waals surface area contributed by atoms with Gasteiger partial charge in [-0.25, -0.2) is 4.79 Å². The summed E-state index contributed by atoms with van der Waals surface area (Å²) in [6.45, 7) is 26.0. The molecule has 18 nitrogen and oxygen atoms in total. The minimum absolute atomic E-state index is 0. The van der Waals surface area contributed by atoms with Crippen LogP contribution in [0.4, 0.5) is 4.79 Å². The zero-order valence-corrected chi connectivity index (χ0v) is 42.1. The van der Waals surface area contributed by atoms with E-state index < -0.39 is 93.8 Å². The lowest BCUT2D eigenvalue weighted by molar-refractivity contribution is -0.145. The van der Waals surface area contributed by atoms with Gasteiger partial charge in [-0.1, -0.05) is 94.9 Å². The topological polar surface area (TPSA) is 286 Å². The summed E-state index contributed by atoms with van der Waals surface area (Å²) in [4.78, 5) is 117. The first-order chi connectivity index (χ1) is 29.6. The van der Waals surface area contributed by atoms with E-state index in [2.05, 4.69) is 49.0 Å². The van der Waals surface area contributed by atoms with Gasteiger partial charge in [-0.2, -0.15) is 0 Å². The highest BCUT2D eigenvalue weighted by Crippen LogP contribution is 2.66. The van der Waals surface area contributed by atoms with Crippen LogP contribution in [0.15, 0.2) is 0 Å². The number of urea groups is 1. The summed E-state index contributed by atoms with van der Waals surface area (Å²) in [5.41, 5.74) is 14.9. The molecule has 0 aromatic carbocycles. The Bertz CT molecular complexity index is 1960. The lowest BCUT2D eigenvalue weighted by atomic mass is 9.85. The summed E-state index contributed by atoms with van der Waals surface area (Å²) in [5.74, 6) is -4.24. The Balaban J connectivity index is 0.000000290. The molecule has 2 saturated heterocycles. The second kappa shape index (κ2) is 19.0. The molecular formula is C47H78ClN9O9. The summed E-state index contributed by atoms with van der Waals surface area (Å²) < 4.78 is 0. The molecule has 8 amide bonds. The van der Waals surface area contributed by atoms with Crippen molar-refractivity contribution in [3.63, 3.8) is 0 Å². The largest absolute Gasteiger partial charge is 0.363 e. The van der Waals surface area contributed by atoms with Gasteiger partial charge in [0.2, 0.25) is 35.2 Å². The molecule has 0 aromatic rings. The molecule has 372 valence electrons. The summed E-state index contributed by atoms with van der Waals surface area (Å²) in [6, 6.07) is -5.46. The fourth-order valence-electron chi connectivity index (χ4n) is 10.2. The van der Waals surface area contributed by atoms with Gasteiger partial charge in [-0.3, -0.25) is 38.4 Å². The third kappa shape index (κ3) is 12.0. The number of nitrogens with zero attached hydrogens (tertiary/aromatic N) is 2. The van der Waals surface area contributed by atoms with Crippen LogP contribution in [-0.2, 0) is 38.4 Å². The van der Waals surface area contributed by atoms with Gasteiger partial charge in [0.25, 0.3) is 11.8 Å². The van der Waals surface area contributed by atoms with E-state index in [0.717, 1.165) is 25.7 Å². The molecule has 0 bridgehead atoms. The summed E-state index contributed by atoms with van der Waals surface area (Å²) in [7, 11) is 0. The molecule has 6 unspecified atom stereocenters. The maximum Gasteiger partial charge on any atom is 0.315 e. The van der Waals surface area contributed by atoms with Crippen LogP contribution in [0, 0.1) is 57.2 Å². The standard InChI is InChI=1S/C26H43N5O5.C21H34N4O4.ClH/c1-24(2,3)19(29-23(36)30-25(4,5)6)22(35)31-12-14-16(26(14,7)8)17(31)21(34)28-15(11-13-9-10-13)18(32)20(27)33;1-20(2,3)16(22)19(29)25-9-11-13(21(11,4)5)14(25)18(28)24-12(8-10-6-7-10)15(26)17(23)27;/h13-17,19H,9-12H2,1-8H3,(H2,27,33)(H,28,34)(H2,29,30,36);10-14,16H,6-9,22H2,1-5H3,(H2,23,27)(H,24,28);1H/t14?,15?,16-,17-,19?;11?,12?,13-,14-,16?;/m00./s1. The third-order valence-electron chi connectivity index (χ3n) is 14.9. The molecule has 0 aromatic heterocycles. The van der Waals surface area contributed by atoms with E-state index in [0.29, 0.717) is 31.8 Å². The minimum Gasteiger partial charge on any atom is -0.363 e. The maximum atomic E-state index is 13.9. The van der Waals surface area contributed by atoms with Gasteiger partial charge < -0.3 is 48.3 Å². The molecule has 10 N–H and O–H groups in total. The van der Waals surface area contributed by atoms with Gasteiger partial charge in [0.1, 0.15) is 18.1 Å². The molecule has 10 atom stereocenters. The van der Waals surface area contributed by atoms with Crippen molar-refractivity contribution in [1.82, 2.24) is 31.1 Å². The molecule has 66 heavy (non-hydrogen) atoms. The van der Waals surface area contributed by atoms with Crippen molar-refractivity contribution in [2.45, 2.75) is 170 Å². The maximum absolute atomic E-state index is 13.9. The number of rotatable bonds is 15. The van der Waals surface area contributed by atoms with Gasteiger partial charge in [0, 0.05) is 18.6 Å². The lowest BCUT2D eigenvalue weighted by Crippen LogP contribution is -2.62. The zero-order valence-electron chi connectivity index (χ0n) is 41.3. The number of likely N-dealkylation sites (tertiary alicyclic amines) is 2. The van der Waals surface area contributed by atoms with Crippen molar-refractivity contribution >= 4 is 65.4 Å². The number of hydrogen-bond acceptors (Lipinski definition) is 10. The second-order valence-corrected chi connectivity index (χ2v) is 24.2. The number of carbonyl (C=O) groups excluding carboxylic acids is 9. The van der Waals surface area contributed by atoms with E-state index in [1.165, 1.54) is 0 Å². The first kappa shape index (κ1) is 54.3. The fraction of sp³-hybridized carbons (Fsp3) is 0.809. The SMILES string of the molecule is CC(C)(C)C(N)C(=O)N1CC2[C@@H]([C@H]1C(=O)NC(CC1CC1)C(=O)C(N)=O)C2(C)C.CC(C)(C)NC(=O)NC(C(=O)N1CC2[C@@H]([C@H]1C(=O)NC(CC1CC1)C(=O)C(N)=O)C2(C)C)C(C)(C)C.Cl.